The van der Waals surface area contributed by atoms with Gasteiger partial charge < -0.3 is 30.0 Å². The lowest BCUT2D eigenvalue weighted by Gasteiger charge is -2.27. The first-order valence-corrected chi connectivity index (χ1v) is 17.2. The number of ether oxygens (including phenoxy) is 2. The number of nitrogens with one attached hydrogen (secondary N) is 1. The van der Waals surface area contributed by atoms with Gasteiger partial charge >= 0.3 is 6.01 Å². The molecule has 1 saturated heterocycles. The van der Waals surface area contributed by atoms with E-state index in [2.05, 4.69) is 42.9 Å². The number of rotatable bonds is 15. The molecule has 2 aromatic heterocycles. The Morgan fingerprint density at radius 1 is 1.16 bits per heavy atom. The van der Waals surface area contributed by atoms with Gasteiger partial charge in [0.25, 0.3) is 0 Å². The van der Waals surface area contributed by atoms with E-state index >= 15 is 0 Å². The summed E-state index contributed by atoms with van der Waals surface area (Å²) in [4.78, 5) is 23.0. The van der Waals surface area contributed by atoms with Crippen LogP contribution in [0.25, 0.3) is 11.0 Å². The third-order valence-corrected chi connectivity index (χ3v) is 8.30. The van der Waals surface area contributed by atoms with Crippen molar-refractivity contribution in [3.8, 4) is 12.1 Å². The SMILES string of the molecule is CCCCOc1nc(N)c2c(n1)c(CCCCCN1CCNCC1=O)c(C#N)n2COCC[Si](C)(C)C. The minimum Gasteiger partial charge on any atom is -0.463 e. The minimum atomic E-state index is -1.24. The van der Waals surface area contributed by atoms with Crippen LogP contribution in [0.2, 0.25) is 25.7 Å². The van der Waals surface area contributed by atoms with Crippen molar-refractivity contribution < 1.29 is 14.3 Å². The number of unbranched alkanes of at least 4 members (excludes halogenated alkanes) is 3. The van der Waals surface area contributed by atoms with Crippen LogP contribution in [-0.2, 0) is 22.7 Å². The van der Waals surface area contributed by atoms with Crippen LogP contribution >= 0.6 is 0 Å². The highest BCUT2D eigenvalue weighted by molar-refractivity contribution is 6.76. The molecule has 1 fully saturated rings. The summed E-state index contributed by atoms with van der Waals surface area (Å²) < 4.78 is 13.6. The summed E-state index contributed by atoms with van der Waals surface area (Å²) in [7, 11) is -1.24. The van der Waals surface area contributed by atoms with E-state index in [0.717, 1.165) is 63.3 Å². The Kier molecular flexibility index (Phi) is 10.7. The van der Waals surface area contributed by atoms with Gasteiger partial charge in [-0.1, -0.05) is 39.4 Å². The van der Waals surface area contributed by atoms with Gasteiger partial charge in [0.2, 0.25) is 5.91 Å². The van der Waals surface area contributed by atoms with Crippen LogP contribution in [0, 0.1) is 11.3 Å². The number of carbonyl (C=O) groups is 1. The molecule has 0 radical (unpaired) electrons. The molecular formula is C26H43N7O3Si. The normalized spacial score (nSPS) is 14.4. The Bertz CT molecular complexity index is 1090. The van der Waals surface area contributed by atoms with Gasteiger partial charge in [0.15, 0.2) is 5.82 Å². The van der Waals surface area contributed by atoms with Crippen molar-refractivity contribution in [2.45, 2.75) is 77.9 Å². The summed E-state index contributed by atoms with van der Waals surface area (Å²) in [5, 5.41) is 13.2. The van der Waals surface area contributed by atoms with Gasteiger partial charge in [0.05, 0.1) is 13.2 Å². The highest BCUT2D eigenvalue weighted by atomic mass is 28.3. The summed E-state index contributed by atoms with van der Waals surface area (Å²) in [6.07, 6.45) is 5.34. The number of piperazine rings is 1. The molecule has 37 heavy (non-hydrogen) atoms. The lowest BCUT2D eigenvalue weighted by atomic mass is 10.1. The first kappa shape index (κ1) is 28.9. The van der Waals surface area contributed by atoms with Gasteiger partial charge in [-0.3, -0.25) is 4.79 Å². The fraction of sp³-hybridized carbons (Fsp3) is 0.692. The van der Waals surface area contributed by atoms with Crippen molar-refractivity contribution in [2.24, 2.45) is 0 Å². The summed E-state index contributed by atoms with van der Waals surface area (Å²) in [5.41, 5.74) is 9.07. The van der Waals surface area contributed by atoms with Crippen LogP contribution < -0.4 is 15.8 Å². The molecule has 2 aromatic rings. The molecule has 3 N–H and O–H groups in total. The molecule has 0 bridgehead atoms. The van der Waals surface area contributed by atoms with Gasteiger partial charge in [-0.05, 0) is 31.7 Å². The Morgan fingerprint density at radius 2 is 1.97 bits per heavy atom. The molecule has 204 valence electrons. The zero-order valence-electron chi connectivity index (χ0n) is 22.9. The van der Waals surface area contributed by atoms with Crippen molar-refractivity contribution >= 4 is 30.8 Å². The van der Waals surface area contributed by atoms with Crippen LogP contribution in [0.15, 0.2) is 0 Å². The zero-order valence-corrected chi connectivity index (χ0v) is 23.9. The molecule has 0 spiro atoms. The molecule has 0 saturated carbocycles. The molecule has 10 nitrogen and oxygen atoms in total. The number of hydrogen-bond acceptors (Lipinski definition) is 8. The van der Waals surface area contributed by atoms with E-state index in [1.54, 1.807) is 0 Å². The van der Waals surface area contributed by atoms with E-state index in [9.17, 15) is 10.1 Å². The number of nitriles is 1. The number of amides is 1. The largest absolute Gasteiger partial charge is 0.463 e. The first-order valence-electron chi connectivity index (χ1n) is 13.5. The van der Waals surface area contributed by atoms with Gasteiger partial charge in [-0.25, -0.2) is 0 Å². The van der Waals surface area contributed by atoms with E-state index in [-0.39, 0.29) is 18.6 Å². The molecular weight excluding hydrogens is 486 g/mol. The van der Waals surface area contributed by atoms with Gasteiger partial charge in [-0.15, -0.1) is 0 Å². The summed E-state index contributed by atoms with van der Waals surface area (Å²) in [6, 6.07) is 3.66. The van der Waals surface area contributed by atoms with Gasteiger partial charge in [0, 0.05) is 39.9 Å². The highest BCUT2D eigenvalue weighted by Gasteiger charge is 2.23. The fourth-order valence-electron chi connectivity index (χ4n) is 4.38. The quantitative estimate of drug-likeness (QED) is 0.265. The Hall–Kier alpha value is -2.68. The second kappa shape index (κ2) is 13.7. The monoisotopic (exact) mass is 529 g/mol. The number of nitrogens with zero attached hydrogens (tertiary/aromatic N) is 5. The van der Waals surface area contributed by atoms with Crippen LogP contribution in [-0.4, -0.2) is 72.8 Å². The predicted molar refractivity (Wildman–Crippen MR) is 148 cm³/mol. The van der Waals surface area contributed by atoms with Crippen LogP contribution in [0.1, 0.15) is 50.3 Å². The standard InChI is InChI=1S/C26H43N7O3Si/c1-5-6-14-36-26-30-23-20(10-8-7-9-12-32-13-11-29-18-22(32)34)21(17-27)33(24(23)25(28)31-26)19-35-15-16-37(2,3)4/h29H,5-16,18-19H2,1-4H3,(H2,28,30,31). The number of aromatic nitrogens is 3. The lowest BCUT2D eigenvalue weighted by Crippen LogP contribution is -2.48. The van der Waals surface area contributed by atoms with Crippen molar-refractivity contribution in [3.63, 3.8) is 0 Å². The van der Waals surface area contributed by atoms with E-state index in [4.69, 9.17) is 20.2 Å². The maximum absolute atomic E-state index is 12.0. The van der Waals surface area contributed by atoms with E-state index < -0.39 is 8.07 Å². The molecule has 1 aliphatic rings. The number of nitrogen functional groups attached to an aromatic ring is 1. The third kappa shape index (κ3) is 8.15. The molecule has 1 amide bonds. The molecule has 1 aliphatic heterocycles. The summed E-state index contributed by atoms with van der Waals surface area (Å²) >= 11 is 0. The van der Waals surface area contributed by atoms with E-state index in [0.29, 0.717) is 48.7 Å². The van der Waals surface area contributed by atoms with Crippen LogP contribution in [0.5, 0.6) is 6.01 Å². The smallest absolute Gasteiger partial charge is 0.319 e. The fourth-order valence-corrected chi connectivity index (χ4v) is 5.13. The van der Waals surface area contributed by atoms with Crippen LogP contribution in [0.3, 0.4) is 0 Å². The van der Waals surface area contributed by atoms with E-state index in [1.165, 1.54) is 0 Å². The molecule has 11 heteroatoms. The number of aryl methyl sites for hydroxylation is 1. The second-order valence-corrected chi connectivity index (χ2v) is 16.5. The summed E-state index contributed by atoms with van der Waals surface area (Å²) in [6.45, 7) is 13.2. The number of carbonyl (C=O) groups excluding carboxylic acids is 1. The predicted octanol–water partition coefficient (Wildman–Crippen LogP) is 3.52. The highest BCUT2D eigenvalue weighted by Crippen LogP contribution is 2.31. The third-order valence-electron chi connectivity index (χ3n) is 6.60. The van der Waals surface area contributed by atoms with Crippen molar-refractivity contribution in [1.82, 2.24) is 24.8 Å². The Morgan fingerprint density at radius 3 is 2.68 bits per heavy atom. The molecule has 3 heterocycles. The average molecular weight is 530 g/mol. The zero-order chi connectivity index (χ0) is 26.8. The number of nitrogens with two attached hydrogens (primary N) is 1. The van der Waals surface area contributed by atoms with Crippen molar-refractivity contribution in [3.05, 3.63) is 11.3 Å². The first-order chi connectivity index (χ1) is 17.7. The van der Waals surface area contributed by atoms with Gasteiger partial charge in [0.1, 0.15) is 29.5 Å². The number of hydrogen-bond donors (Lipinski definition) is 2. The molecule has 0 aliphatic carbocycles. The second-order valence-electron chi connectivity index (χ2n) is 10.9. The molecule has 0 unspecified atom stereocenters. The molecule has 3 rings (SSSR count). The maximum Gasteiger partial charge on any atom is 0.319 e. The minimum absolute atomic E-state index is 0.165. The maximum atomic E-state index is 12.0. The topological polar surface area (TPSA) is 131 Å². The average Bonchev–Trinajstić information content (AvgIpc) is 3.15. The van der Waals surface area contributed by atoms with Crippen molar-refractivity contribution in [2.75, 3.05) is 45.1 Å². The lowest BCUT2D eigenvalue weighted by molar-refractivity contribution is -0.131. The number of fused-ring (bicyclic) bond motifs is 1. The van der Waals surface area contributed by atoms with Crippen molar-refractivity contribution in [1.29, 1.82) is 5.26 Å². The molecule has 0 atom stereocenters. The summed E-state index contributed by atoms with van der Waals surface area (Å²) in [5.74, 6) is 0.461. The van der Waals surface area contributed by atoms with Crippen LogP contribution in [0.4, 0.5) is 5.82 Å². The van der Waals surface area contributed by atoms with Gasteiger partial charge in [-0.2, -0.15) is 15.2 Å². The van der Waals surface area contributed by atoms with E-state index in [1.807, 2.05) is 9.47 Å². The Labute approximate surface area is 221 Å². The Balaban J connectivity index is 1.77. The molecule has 0 aromatic carbocycles. The number of anilines is 1.